The molecule has 6 heteroatoms. The highest BCUT2D eigenvalue weighted by Gasteiger charge is 2.16. The minimum absolute atomic E-state index is 0.0334. The van der Waals surface area contributed by atoms with Crippen molar-refractivity contribution >= 4 is 37.5 Å². The van der Waals surface area contributed by atoms with Crippen LogP contribution in [0.2, 0.25) is 0 Å². The Morgan fingerprint density at radius 3 is 2.57 bits per heavy atom. The molecular weight excluding hydrogens is 318 g/mol. The quantitative estimate of drug-likeness (QED) is 0.486. The lowest BCUT2D eigenvalue weighted by Crippen LogP contribution is -1.95. The molecule has 0 aromatic heterocycles. The molecule has 0 atom stereocenters. The smallest absolute Gasteiger partial charge is 0.311 e. The Morgan fingerprint density at radius 1 is 1.50 bits per heavy atom. The minimum atomic E-state index is -0.468. The molecular formula is C8H7Br2NO3. The zero-order valence-corrected chi connectivity index (χ0v) is 10.4. The first-order chi connectivity index (χ1) is 6.56. The summed E-state index contributed by atoms with van der Waals surface area (Å²) in [6, 6.07) is 4.79. The standard InChI is InChI=1S/C8H7Br2NO3/c1-14-7-3-2-5(8(9)10)4-6(7)11(12)13/h2-4,8H,1H3. The van der Waals surface area contributed by atoms with Crippen molar-refractivity contribution < 1.29 is 9.66 Å². The van der Waals surface area contributed by atoms with Gasteiger partial charge in [-0.2, -0.15) is 0 Å². The van der Waals surface area contributed by atoms with Gasteiger partial charge in [0.15, 0.2) is 5.75 Å². The Kier molecular flexibility index (Phi) is 3.88. The number of rotatable bonds is 3. The van der Waals surface area contributed by atoms with Crippen LogP contribution in [0, 0.1) is 10.1 Å². The normalized spacial score (nSPS) is 10.3. The first kappa shape index (κ1) is 11.5. The molecule has 0 aliphatic carbocycles. The molecule has 0 radical (unpaired) electrons. The molecule has 0 unspecified atom stereocenters. The van der Waals surface area contributed by atoms with E-state index in [1.807, 2.05) is 0 Å². The molecule has 0 amide bonds. The molecule has 0 aliphatic heterocycles. The molecule has 1 rings (SSSR count). The summed E-state index contributed by atoms with van der Waals surface area (Å²) in [6.07, 6.45) is 0. The number of nitrogens with zero attached hydrogens (tertiary/aromatic N) is 1. The molecule has 1 aromatic carbocycles. The maximum Gasteiger partial charge on any atom is 0.311 e. The van der Waals surface area contributed by atoms with Crippen LogP contribution in [0.3, 0.4) is 0 Å². The monoisotopic (exact) mass is 323 g/mol. The van der Waals surface area contributed by atoms with Gasteiger partial charge in [-0.1, -0.05) is 37.9 Å². The molecule has 0 spiro atoms. The van der Waals surface area contributed by atoms with Gasteiger partial charge in [0.05, 0.1) is 15.8 Å². The summed E-state index contributed by atoms with van der Waals surface area (Å²) < 4.78 is 4.77. The van der Waals surface area contributed by atoms with E-state index >= 15 is 0 Å². The predicted molar refractivity (Wildman–Crippen MR) is 60.2 cm³/mol. The number of halogens is 2. The fourth-order valence-electron chi connectivity index (χ4n) is 0.985. The first-order valence-electron chi connectivity index (χ1n) is 3.66. The molecule has 0 N–H and O–H groups in total. The third-order valence-electron chi connectivity index (χ3n) is 1.65. The molecule has 0 heterocycles. The highest BCUT2D eigenvalue weighted by Crippen LogP contribution is 2.35. The lowest BCUT2D eigenvalue weighted by atomic mass is 10.2. The van der Waals surface area contributed by atoms with Crippen LogP contribution in [0.4, 0.5) is 5.69 Å². The van der Waals surface area contributed by atoms with Crippen LogP contribution in [-0.2, 0) is 0 Å². The number of alkyl halides is 2. The van der Waals surface area contributed by atoms with Gasteiger partial charge < -0.3 is 4.74 Å². The fraction of sp³-hybridized carbons (Fsp3) is 0.250. The highest BCUT2D eigenvalue weighted by molar-refractivity contribution is 9.24. The number of ether oxygens (including phenoxy) is 1. The van der Waals surface area contributed by atoms with E-state index in [9.17, 15) is 10.1 Å². The van der Waals surface area contributed by atoms with Crippen LogP contribution in [0.1, 0.15) is 9.30 Å². The number of nitro groups is 1. The average molecular weight is 325 g/mol. The average Bonchev–Trinajstić information content (AvgIpc) is 2.16. The van der Waals surface area contributed by atoms with Gasteiger partial charge in [-0.3, -0.25) is 10.1 Å². The van der Waals surface area contributed by atoms with Crippen molar-refractivity contribution in [2.45, 2.75) is 3.74 Å². The second-order valence-corrected chi connectivity index (χ2v) is 5.55. The lowest BCUT2D eigenvalue weighted by molar-refractivity contribution is -0.385. The van der Waals surface area contributed by atoms with Crippen LogP contribution in [0.25, 0.3) is 0 Å². The summed E-state index contributed by atoms with van der Waals surface area (Å²) >= 11 is 6.53. The molecule has 4 nitrogen and oxygen atoms in total. The molecule has 0 saturated heterocycles. The zero-order chi connectivity index (χ0) is 10.7. The SMILES string of the molecule is COc1ccc(C(Br)Br)cc1[N+](=O)[O-]. The summed E-state index contributed by atoms with van der Waals surface area (Å²) in [4.78, 5) is 10.2. The second-order valence-electron chi connectivity index (χ2n) is 2.49. The van der Waals surface area contributed by atoms with Crippen molar-refractivity contribution in [3.8, 4) is 5.75 Å². The summed E-state index contributed by atoms with van der Waals surface area (Å²) in [6.45, 7) is 0. The molecule has 0 saturated carbocycles. The number of methoxy groups -OCH3 is 1. The third kappa shape index (κ3) is 2.45. The molecule has 0 aliphatic rings. The first-order valence-corrected chi connectivity index (χ1v) is 5.50. The summed E-state index contributed by atoms with van der Waals surface area (Å²) in [5, 5.41) is 10.7. The maximum absolute atomic E-state index is 10.7. The second kappa shape index (κ2) is 4.75. The van der Waals surface area contributed by atoms with Gasteiger partial charge in [0.1, 0.15) is 0 Å². The lowest BCUT2D eigenvalue weighted by Gasteiger charge is -2.05. The van der Waals surface area contributed by atoms with Crippen molar-refractivity contribution in [1.82, 2.24) is 0 Å². The molecule has 0 bridgehead atoms. The van der Waals surface area contributed by atoms with Gasteiger partial charge >= 0.3 is 5.69 Å². The van der Waals surface area contributed by atoms with Gasteiger partial charge in [0, 0.05) is 6.07 Å². The van der Waals surface area contributed by atoms with Gasteiger partial charge in [0.25, 0.3) is 0 Å². The van der Waals surface area contributed by atoms with Crippen molar-refractivity contribution in [1.29, 1.82) is 0 Å². The Morgan fingerprint density at radius 2 is 2.14 bits per heavy atom. The summed E-state index contributed by atoms with van der Waals surface area (Å²) in [5.41, 5.74) is 0.742. The Hall–Kier alpha value is -0.620. The maximum atomic E-state index is 10.7. The van der Waals surface area contributed by atoms with E-state index in [0.29, 0.717) is 0 Å². The van der Waals surface area contributed by atoms with Crippen LogP contribution in [-0.4, -0.2) is 12.0 Å². The van der Waals surface area contributed by atoms with Crippen molar-refractivity contribution in [3.63, 3.8) is 0 Å². The Balaban J connectivity index is 3.21. The molecule has 76 valence electrons. The zero-order valence-electron chi connectivity index (χ0n) is 7.24. The van der Waals surface area contributed by atoms with Crippen molar-refractivity contribution in [2.75, 3.05) is 7.11 Å². The van der Waals surface area contributed by atoms with Gasteiger partial charge in [-0.05, 0) is 11.6 Å². The van der Waals surface area contributed by atoms with Crippen LogP contribution >= 0.6 is 31.9 Å². The number of benzene rings is 1. The van der Waals surface area contributed by atoms with Crippen LogP contribution in [0.5, 0.6) is 5.75 Å². The number of hydrogen-bond donors (Lipinski definition) is 0. The number of hydrogen-bond acceptors (Lipinski definition) is 3. The molecule has 0 fully saturated rings. The largest absolute Gasteiger partial charge is 0.490 e. The van der Waals surface area contributed by atoms with Crippen LogP contribution < -0.4 is 4.74 Å². The summed E-state index contributed by atoms with van der Waals surface area (Å²) in [7, 11) is 1.40. The van der Waals surface area contributed by atoms with E-state index in [2.05, 4.69) is 31.9 Å². The van der Waals surface area contributed by atoms with Crippen molar-refractivity contribution in [2.24, 2.45) is 0 Å². The van der Waals surface area contributed by atoms with E-state index in [-0.39, 0.29) is 15.2 Å². The minimum Gasteiger partial charge on any atom is -0.490 e. The summed E-state index contributed by atoms with van der Waals surface area (Å²) in [5.74, 6) is 0.263. The molecule has 14 heavy (non-hydrogen) atoms. The number of nitro benzene ring substituents is 1. The third-order valence-corrected chi connectivity index (χ3v) is 2.71. The van der Waals surface area contributed by atoms with Crippen LogP contribution in [0.15, 0.2) is 18.2 Å². The van der Waals surface area contributed by atoms with Gasteiger partial charge in [-0.25, -0.2) is 0 Å². The van der Waals surface area contributed by atoms with E-state index in [0.717, 1.165) is 5.56 Å². The topological polar surface area (TPSA) is 52.4 Å². The highest BCUT2D eigenvalue weighted by atomic mass is 79.9. The van der Waals surface area contributed by atoms with Crippen molar-refractivity contribution in [3.05, 3.63) is 33.9 Å². The Labute approximate surface area is 97.7 Å². The fourth-order valence-corrected chi connectivity index (χ4v) is 1.55. The van der Waals surface area contributed by atoms with E-state index < -0.39 is 4.92 Å². The van der Waals surface area contributed by atoms with E-state index in [4.69, 9.17) is 4.74 Å². The van der Waals surface area contributed by atoms with E-state index in [1.54, 1.807) is 12.1 Å². The van der Waals surface area contributed by atoms with Gasteiger partial charge in [0.2, 0.25) is 0 Å². The molecule has 1 aromatic rings. The van der Waals surface area contributed by atoms with Gasteiger partial charge in [-0.15, -0.1) is 0 Å². The Bertz CT molecular complexity index is 354. The van der Waals surface area contributed by atoms with E-state index in [1.165, 1.54) is 13.2 Å². The predicted octanol–water partition coefficient (Wildman–Crippen LogP) is 3.39.